The summed E-state index contributed by atoms with van der Waals surface area (Å²) in [5.41, 5.74) is 5.02. The Morgan fingerprint density at radius 3 is 2.59 bits per heavy atom. The van der Waals surface area contributed by atoms with Crippen LogP contribution in [0.2, 0.25) is 0 Å². The number of hydrogen-bond acceptors (Lipinski definition) is 6. The number of hydrogen-bond donors (Lipinski definition) is 1. The highest BCUT2D eigenvalue weighted by Gasteiger charge is 2.10. The molecule has 0 spiro atoms. The van der Waals surface area contributed by atoms with Gasteiger partial charge >= 0.3 is 0 Å². The molecule has 0 aliphatic rings. The van der Waals surface area contributed by atoms with Crippen LogP contribution in [0.4, 0.5) is 5.69 Å². The van der Waals surface area contributed by atoms with Crippen molar-refractivity contribution in [2.45, 2.75) is 13.8 Å². The Balaban J connectivity index is 1.54. The van der Waals surface area contributed by atoms with E-state index in [2.05, 4.69) is 25.8 Å². The van der Waals surface area contributed by atoms with E-state index in [1.54, 1.807) is 16.0 Å². The van der Waals surface area contributed by atoms with Crippen LogP contribution in [0, 0.1) is 13.8 Å². The molecule has 0 aliphatic carbocycles. The van der Waals surface area contributed by atoms with Gasteiger partial charge in [0.1, 0.15) is 11.3 Å². The number of nitrogens with zero attached hydrogens (tertiary/aromatic N) is 5. The molecule has 4 rings (SSSR count). The molecule has 0 fully saturated rings. The zero-order valence-corrected chi connectivity index (χ0v) is 15.6. The van der Waals surface area contributed by atoms with Gasteiger partial charge in [-0.3, -0.25) is 4.79 Å². The largest absolute Gasteiger partial charge is 0.322 e. The molecule has 0 atom stereocenters. The van der Waals surface area contributed by atoms with E-state index in [0.717, 1.165) is 27.5 Å². The van der Waals surface area contributed by atoms with Crippen LogP contribution >= 0.6 is 11.3 Å². The standard InChI is InChI=1S/C19H16N6OS/c1-12-3-8-16(25-11-20-23-24-25)9-17(12)22-18(26)14-4-6-15(7-5-14)19-21-13(2)10-27-19/h3-11H,1-2H3,(H,22,26). The zero-order chi connectivity index (χ0) is 18.8. The molecule has 0 saturated carbocycles. The van der Waals surface area contributed by atoms with E-state index >= 15 is 0 Å². The number of carbonyl (C=O) groups is 1. The molecule has 8 heteroatoms. The van der Waals surface area contributed by atoms with Crippen LogP contribution < -0.4 is 5.32 Å². The third kappa shape index (κ3) is 3.61. The lowest BCUT2D eigenvalue weighted by Gasteiger charge is -2.10. The van der Waals surface area contributed by atoms with Crippen LogP contribution in [0.25, 0.3) is 16.3 Å². The van der Waals surface area contributed by atoms with Crippen molar-refractivity contribution in [1.29, 1.82) is 0 Å². The summed E-state index contributed by atoms with van der Waals surface area (Å²) in [6.07, 6.45) is 1.51. The quantitative estimate of drug-likeness (QED) is 0.587. The van der Waals surface area contributed by atoms with Gasteiger partial charge in [-0.25, -0.2) is 9.67 Å². The van der Waals surface area contributed by atoms with Crippen LogP contribution in [0.15, 0.2) is 54.2 Å². The number of benzene rings is 2. The van der Waals surface area contributed by atoms with E-state index in [9.17, 15) is 4.79 Å². The number of nitrogens with one attached hydrogen (secondary N) is 1. The van der Waals surface area contributed by atoms with E-state index in [1.807, 2.05) is 61.7 Å². The first-order valence-electron chi connectivity index (χ1n) is 8.28. The Hall–Kier alpha value is -3.39. The fraction of sp³-hybridized carbons (Fsp3) is 0.105. The van der Waals surface area contributed by atoms with Crippen LogP contribution in [0.5, 0.6) is 0 Å². The summed E-state index contributed by atoms with van der Waals surface area (Å²) in [5.74, 6) is -0.172. The predicted octanol–water partition coefficient (Wildman–Crippen LogP) is 3.65. The summed E-state index contributed by atoms with van der Waals surface area (Å²) in [7, 11) is 0. The topological polar surface area (TPSA) is 85.6 Å². The number of thiazole rings is 1. The first-order chi connectivity index (χ1) is 13.1. The molecule has 2 heterocycles. The summed E-state index contributed by atoms with van der Waals surface area (Å²) in [5, 5.41) is 17.1. The molecule has 2 aromatic heterocycles. The second-order valence-electron chi connectivity index (χ2n) is 6.08. The maximum absolute atomic E-state index is 12.6. The molecular weight excluding hydrogens is 360 g/mol. The molecule has 27 heavy (non-hydrogen) atoms. The third-order valence-electron chi connectivity index (χ3n) is 4.10. The monoisotopic (exact) mass is 376 g/mol. The molecule has 0 saturated heterocycles. The van der Waals surface area contributed by atoms with Gasteiger partial charge in [0.05, 0.1) is 5.69 Å². The maximum atomic E-state index is 12.6. The van der Waals surface area contributed by atoms with E-state index in [4.69, 9.17) is 0 Å². The molecule has 4 aromatic rings. The van der Waals surface area contributed by atoms with E-state index in [0.29, 0.717) is 11.3 Å². The first-order valence-corrected chi connectivity index (χ1v) is 9.16. The Bertz CT molecular complexity index is 1090. The van der Waals surface area contributed by atoms with Crippen molar-refractivity contribution < 1.29 is 4.79 Å². The van der Waals surface area contributed by atoms with Crippen molar-refractivity contribution in [2.75, 3.05) is 5.32 Å². The van der Waals surface area contributed by atoms with Gasteiger partial charge in [0.2, 0.25) is 0 Å². The van der Waals surface area contributed by atoms with Gasteiger partial charge in [-0.2, -0.15) is 0 Å². The summed E-state index contributed by atoms with van der Waals surface area (Å²) in [4.78, 5) is 17.1. The van der Waals surface area contributed by atoms with Gasteiger partial charge in [-0.1, -0.05) is 18.2 Å². The molecule has 0 unspecified atom stereocenters. The average Bonchev–Trinajstić information content (AvgIpc) is 3.35. The molecule has 1 N–H and O–H groups in total. The van der Waals surface area contributed by atoms with Crippen LogP contribution in [-0.2, 0) is 0 Å². The molecular formula is C19H16N6OS. The highest BCUT2D eigenvalue weighted by molar-refractivity contribution is 7.13. The third-order valence-corrected chi connectivity index (χ3v) is 5.11. The summed E-state index contributed by atoms with van der Waals surface area (Å²) in [6, 6.07) is 13.1. The molecule has 2 aromatic carbocycles. The number of aryl methyl sites for hydroxylation is 2. The minimum absolute atomic E-state index is 0.172. The summed E-state index contributed by atoms with van der Waals surface area (Å²) >= 11 is 1.59. The van der Waals surface area contributed by atoms with Crippen molar-refractivity contribution in [1.82, 2.24) is 25.2 Å². The van der Waals surface area contributed by atoms with Gasteiger partial charge in [0, 0.05) is 27.9 Å². The van der Waals surface area contributed by atoms with E-state index < -0.39 is 0 Å². The van der Waals surface area contributed by atoms with Gasteiger partial charge in [-0.05, 0) is 54.1 Å². The van der Waals surface area contributed by atoms with Crippen molar-refractivity contribution in [3.63, 3.8) is 0 Å². The number of rotatable bonds is 4. The average molecular weight is 376 g/mol. The Morgan fingerprint density at radius 2 is 1.93 bits per heavy atom. The smallest absolute Gasteiger partial charge is 0.255 e. The number of amides is 1. The lowest BCUT2D eigenvalue weighted by atomic mass is 10.1. The number of anilines is 1. The van der Waals surface area contributed by atoms with E-state index in [1.165, 1.54) is 6.33 Å². The lowest BCUT2D eigenvalue weighted by molar-refractivity contribution is 0.102. The fourth-order valence-electron chi connectivity index (χ4n) is 2.61. The van der Waals surface area contributed by atoms with Gasteiger partial charge in [0.15, 0.2) is 0 Å². The zero-order valence-electron chi connectivity index (χ0n) is 14.7. The minimum Gasteiger partial charge on any atom is -0.322 e. The SMILES string of the molecule is Cc1csc(-c2ccc(C(=O)Nc3cc(-n4cnnn4)ccc3C)cc2)n1. The van der Waals surface area contributed by atoms with Crippen LogP contribution in [0.3, 0.4) is 0 Å². The fourth-order valence-corrected chi connectivity index (χ4v) is 3.42. The molecule has 134 valence electrons. The predicted molar refractivity (Wildman–Crippen MR) is 104 cm³/mol. The van der Waals surface area contributed by atoms with Crippen molar-refractivity contribution >= 4 is 22.9 Å². The molecule has 0 radical (unpaired) electrons. The summed E-state index contributed by atoms with van der Waals surface area (Å²) < 4.78 is 1.54. The maximum Gasteiger partial charge on any atom is 0.255 e. The number of tetrazole rings is 1. The minimum atomic E-state index is -0.172. The van der Waals surface area contributed by atoms with Gasteiger partial charge in [0.25, 0.3) is 5.91 Å². The lowest BCUT2D eigenvalue weighted by Crippen LogP contribution is -2.13. The van der Waals surface area contributed by atoms with Crippen molar-refractivity contribution in [3.05, 3.63) is 71.0 Å². The highest BCUT2D eigenvalue weighted by atomic mass is 32.1. The normalized spacial score (nSPS) is 10.7. The molecule has 1 amide bonds. The number of aromatic nitrogens is 5. The van der Waals surface area contributed by atoms with Crippen LogP contribution in [-0.4, -0.2) is 31.1 Å². The van der Waals surface area contributed by atoms with Crippen molar-refractivity contribution in [2.24, 2.45) is 0 Å². The highest BCUT2D eigenvalue weighted by Crippen LogP contribution is 2.24. The summed E-state index contributed by atoms with van der Waals surface area (Å²) in [6.45, 7) is 3.90. The van der Waals surface area contributed by atoms with Gasteiger partial charge in [-0.15, -0.1) is 16.4 Å². The van der Waals surface area contributed by atoms with Gasteiger partial charge < -0.3 is 5.32 Å². The molecule has 0 aliphatic heterocycles. The first kappa shape index (κ1) is 17.0. The second kappa shape index (κ2) is 7.08. The Labute approximate surface area is 159 Å². The molecule has 0 bridgehead atoms. The second-order valence-corrected chi connectivity index (χ2v) is 6.94. The van der Waals surface area contributed by atoms with Crippen molar-refractivity contribution in [3.8, 4) is 16.3 Å². The Morgan fingerprint density at radius 1 is 1.11 bits per heavy atom. The molecule has 7 nitrogen and oxygen atoms in total. The Kier molecular flexibility index (Phi) is 4.47. The van der Waals surface area contributed by atoms with E-state index in [-0.39, 0.29) is 5.91 Å². The number of carbonyl (C=O) groups excluding carboxylic acids is 1. The van der Waals surface area contributed by atoms with Crippen LogP contribution in [0.1, 0.15) is 21.6 Å².